The van der Waals surface area contributed by atoms with Gasteiger partial charge >= 0.3 is 0 Å². The molecule has 2 aromatic rings. The van der Waals surface area contributed by atoms with Gasteiger partial charge in [-0.1, -0.05) is 34.1 Å². The van der Waals surface area contributed by atoms with Crippen LogP contribution in [0, 0.1) is 0 Å². The molecule has 0 spiro atoms. The fraction of sp³-hybridized carbons (Fsp3) is 0.188. The number of carbonyl (C=O) groups excluding carboxylic acids is 1. The van der Waals surface area contributed by atoms with E-state index in [2.05, 4.69) is 21.2 Å². The second-order valence-corrected chi connectivity index (χ2v) is 5.33. The number of nitrogens with one attached hydrogen (secondary N) is 1. The van der Waals surface area contributed by atoms with Crippen LogP contribution in [-0.2, 0) is 11.2 Å². The van der Waals surface area contributed by atoms with Crippen molar-refractivity contribution < 1.29 is 9.53 Å². The number of benzene rings is 2. The van der Waals surface area contributed by atoms with Crippen molar-refractivity contribution in [1.82, 2.24) is 0 Å². The van der Waals surface area contributed by atoms with Gasteiger partial charge in [-0.15, -0.1) is 0 Å². The van der Waals surface area contributed by atoms with Crippen LogP contribution in [-0.4, -0.2) is 13.0 Å². The fourth-order valence-corrected chi connectivity index (χ4v) is 2.32. The third-order valence-electron chi connectivity index (χ3n) is 2.88. The van der Waals surface area contributed by atoms with Crippen molar-refractivity contribution in [1.29, 1.82) is 0 Å². The van der Waals surface area contributed by atoms with Gasteiger partial charge in [0, 0.05) is 22.6 Å². The Morgan fingerprint density at radius 3 is 2.75 bits per heavy atom. The molecule has 0 aliphatic rings. The van der Waals surface area contributed by atoms with Crippen LogP contribution in [0.4, 0.5) is 5.69 Å². The summed E-state index contributed by atoms with van der Waals surface area (Å²) in [6, 6.07) is 15.3. The third-order valence-corrected chi connectivity index (χ3v) is 3.38. The molecule has 0 bridgehead atoms. The van der Waals surface area contributed by atoms with Crippen LogP contribution in [0.3, 0.4) is 0 Å². The molecule has 1 amide bonds. The number of ether oxygens (including phenoxy) is 1. The summed E-state index contributed by atoms with van der Waals surface area (Å²) >= 11 is 3.42. The Kier molecular flexibility index (Phi) is 5.18. The first kappa shape index (κ1) is 14.6. The molecule has 4 heteroatoms. The standard InChI is InChI=1S/C16H16BrNO2/c1-20-15-7-3-6-14(11-15)18-16(19)9-8-12-4-2-5-13(17)10-12/h2-7,10-11H,8-9H2,1H3,(H,18,19). The lowest BCUT2D eigenvalue weighted by Gasteiger charge is -2.07. The monoisotopic (exact) mass is 333 g/mol. The summed E-state index contributed by atoms with van der Waals surface area (Å²) in [5.41, 5.74) is 1.89. The summed E-state index contributed by atoms with van der Waals surface area (Å²) in [5, 5.41) is 2.87. The summed E-state index contributed by atoms with van der Waals surface area (Å²) in [5.74, 6) is 0.730. The molecule has 0 saturated carbocycles. The highest BCUT2D eigenvalue weighted by Gasteiger charge is 2.04. The van der Waals surface area contributed by atoms with E-state index in [1.54, 1.807) is 13.2 Å². The predicted octanol–water partition coefficient (Wildman–Crippen LogP) is 4.03. The number of rotatable bonds is 5. The average Bonchev–Trinajstić information content (AvgIpc) is 2.45. The molecule has 0 aliphatic carbocycles. The molecular weight excluding hydrogens is 318 g/mol. The van der Waals surface area contributed by atoms with Crippen molar-refractivity contribution in [2.45, 2.75) is 12.8 Å². The maximum atomic E-state index is 11.9. The van der Waals surface area contributed by atoms with Crippen molar-refractivity contribution >= 4 is 27.5 Å². The molecule has 0 aliphatic heterocycles. The van der Waals surface area contributed by atoms with Crippen LogP contribution >= 0.6 is 15.9 Å². The molecule has 3 nitrogen and oxygen atoms in total. The van der Waals surface area contributed by atoms with Gasteiger partial charge in [-0.25, -0.2) is 0 Å². The zero-order valence-electron chi connectivity index (χ0n) is 11.2. The number of halogens is 1. The molecule has 0 atom stereocenters. The van der Waals surface area contributed by atoms with Gasteiger partial charge in [-0.05, 0) is 36.2 Å². The Morgan fingerprint density at radius 1 is 1.20 bits per heavy atom. The molecule has 0 radical (unpaired) electrons. The average molecular weight is 334 g/mol. The number of hydrogen-bond donors (Lipinski definition) is 1. The van der Waals surface area contributed by atoms with Gasteiger partial charge in [0.05, 0.1) is 7.11 Å². The summed E-state index contributed by atoms with van der Waals surface area (Å²) in [7, 11) is 1.61. The first-order valence-electron chi connectivity index (χ1n) is 6.36. The van der Waals surface area contributed by atoms with Crippen molar-refractivity contribution in [2.75, 3.05) is 12.4 Å². The van der Waals surface area contributed by atoms with Crippen LogP contribution in [0.25, 0.3) is 0 Å². The maximum absolute atomic E-state index is 11.9. The molecule has 0 fully saturated rings. The largest absolute Gasteiger partial charge is 0.497 e. The van der Waals surface area contributed by atoms with Gasteiger partial charge in [0.2, 0.25) is 5.91 Å². The second kappa shape index (κ2) is 7.10. The van der Waals surface area contributed by atoms with E-state index in [-0.39, 0.29) is 5.91 Å². The van der Waals surface area contributed by atoms with Gasteiger partial charge in [0.15, 0.2) is 0 Å². The van der Waals surface area contributed by atoms with Gasteiger partial charge in [-0.2, -0.15) is 0 Å². The molecule has 2 rings (SSSR count). The molecule has 0 saturated heterocycles. The smallest absolute Gasteiger partial charge is 0.224 e. The van der Waals surface area contributed by atoms with E-state index in [1.165, 1.54) is 0 Å². The lowest BCUT2D eigenvalue weighted by Crippen LogP contribution is -2.12. The van der Waals surface area contributed by atoms with E-state index < -0.39 is 0 Å². The highest BCUT2D eigenvalue weighted by Crippen LogP contribution is 2.17. The van der Waals surface area contributed by atoms with Crippen molar-refractivity contribution in [3.05, 3.63) is 58.6 Å². The molecule has 0 aromatic heterocycles. The predicted molar refractivity (Wildman–Crippen MR) is 84.1 cm³/mol. The molecule has 0 unspecified atom stereocenters. The van der Waals surface area contributed by atoms with Crippen LogP contribution in [0.2, 0.25) is 0 Å². The fourth-order valence-electron chi connectivity index (χ4n) is 1.87. The lowest BCUT2D eigenvalue weighted by atomic mass is 10.1. The molecule has 20 heavy (non-hydrogen) atoms. The summed E-state index contributed by atoms with van der Waals surface area (Å²) in [6.45, 7) is 0. The minimum Gasteiger partial charge on any atom is -0.497 e. The molecular formula is C16H16BrNO2. The summed E-state index contributed by atoms with van der Waals surface area (Å²) in [6.07, 6.45) is 1.17. The minimum atomic E-state index is -0.00164. The van der Waals surface area contributed by atoms with Gasteiger partial charge in [-0.3, -0.25) is 4.79 Å². The molecule has 0 heterocycles. The van der Waals surface area contributed by atoms with Gasteiger partial charge in [0.1, 0.15) is 5.75 Å². The highest BCUT2D eigenvalue weighted by molar-refractivity contribution is 9.10. The molecule has 104 valence electrons. The van der Waals surface area contributed by atoms with Gasteiger partial charge < -0.3 is 10.1 Å². The SMILES string of the molecule is COc1cccc(NC(=O)CCc2cccc(Br)c2)c1. The Hall–Kier alpha value is -1.81. The Bertz CT molecular complexity index is 599. The zero-order valence-corrected chi connectivity index (χ0v) is 12.8. The van der Waals surface area contributed by atoms with Crippen LogP contribution in [0.1, 0.15) is 12.0 Å². The molecule has 1 N–H and O–H groups in total. The summed E-state index contributed by atoms with van der Waals surface area (Å²) < 4.78 is 6.15. The Labute approximate surface area is 127 Å². The normalized spacial score (nSPS) is 10.1. The number of carbonyl (C=O) groups is 1. The first-order valence-corrected chi connectivity index (χ1v) is 7.15. The quantitative estimate of drug-likeness (QED) is 0.897. The van der Waals surface area contributed by atoms with E-state index in [0.717, 1.165) is 27.9 Å². The number of amides is 1. The van der Waals surface area contributed by atoms with E-state index in [9.17, 15) is 4.79 Å². The lowest BCUT2D eigenvalue weighted by molar-refractivity contribution is -0.116. The molecule has 2 aromatic carbocycles. The van der Waals surface area contributed by atoms with Crippen LogP contribution in [0.5, 0.6) is 5.75 Å². The summed E-state index contributed by atoms with van der Waals surface area (Å²) in [4.78, 5) is 11.9. The van der Waals surface area contributed by atoms with E-state index in [1.807, 2.05) is 42.5 Å². The number of methoxy groups -OCH3 is 1. The topological polar surface area (TPSA) is 38.3 Å². The van der Waals surface area contributed by atoms with Crippen LogP contribution < -0.4 is 10.1 Å². The first-order chi connectivity index (χ1) is 9.67. The second-order valence-electron chi connectivity index (χ2n) is 4.41. The third kappa shape index (κ3) is 4.38. The van der Waals surface area contributed by atoms with E-state index in [0.29, 0.717) is 6.42 Å². The Balaban J connectivity index is 1.89. The zero-order chi connectivity index (χ0) is 14.4. The number of anilines is 1. The van der Waals surface area contributed by atoms with E-state index >= 15 is 0 Å². The maximum Gasteiger partial charge on any atom is 0.224 e. The van der Waals surface area contributed by atoms with Crippen molar-refractivity contribution in [3.8, 4) is 5.75 Å². The van der Waals surface area contributed by atoms with Crippen molar-refractivity contribution in [3.63, 3.8) is 0 Å². The minimum absolute atomic E-state index is 0.00164. The number of hydrogen-bond acceptors (Lipinski definition) is 2. The van der Waals surface area contributed by atoms with Crippen molar-refractivity contribution in [2.24, 2.45) is 0 Å². The highest BCUT2D eigenvalue weighted by atomic mass is 79.9. The number of aryl methyl sites for hydroxylation is 1. The van der Waals surface area contributed by atoms with Gasteiger partial charge in [0.25, 0.3) is 0 Å². The Morgan fingerprint density at radius 2 is 2.00 bits per heavy atom. The van der Waals surface area contributed by atoms with Crippen LogP contribution in [0.15, 0.2) is 53.0 Å². The van der Waals surface area contributed by atoms with E-state index in [4.69, 9.17) is 4.74 Å².